The highest BCUT2D eigenvalue weighted by molar-refractivity contribution is 5.96. The van der Waals surface area contributed by atoms with Crippen molar-refractivity contribution < 1.29 is 4.79 Å². The molecule has 0 spiro atoms. The summed E-state index contributed by atoms with van der Waals surface area (Å²) in [7, 11) is 0. The third kappa shape index (κ3) is 4.72. The van der Waals surface area contributed by atoms with Gasteiger partial charge in [-0.3, -0.25) is 9.69 Å². The van der Waals surface area contributed by atoms with Crippen LogP contribution in [-0.2, 0) is 4.79 Å². The number of benzene rings is 1. The number of anilines is 1. The van der Waals surface area contributed by atoms with Crippen LogP contribution >= 0.6 is 12.4 Å². The standard InChI is InChI=1S/C18H28N2O.ClH/c1-4-5-12-20-13-7-6-11-16(20)18(21)19-17-14(2)9-8-10-15(17)3;/h8-10,16H,4-7,11-13H2,1-3H3,(H,19,21);1H/t16-;/m0./s1. The lowest BCUT2D eigenvalue weighted by Gasteiger charge is -2.34. The highest BCUT2D eigenvalue weighted by Gasteiger charge is 2.28. The molecule has 0 saturated carbocycles. The van der Waals surface area contributed by atoms with Gasteiger partial charge in [0.05, 0.1) is 6.04 Å². The monoisotopic (exact) mass is 324 g/mol. The Balaban J connectivity index is 0.00000242. The van der Waals surface area contributed by atoms with Crippen molar-refractivity contribution in [3.8, 4) is 0 Å². The lowest BCUT2D eigenvalue weighted by Crippen LogP contribution is -2.47. The molecule has 1 atom stereocenters. The zero-order valence-electron chi connectivity index (χ0n) is 14.0. The van der Waals surface area contributed by atoms with Crippen LogP contribution in [0.4, 0.5) is 5.69 Å². The molecule has 0 radical (unpaired) electrons. The van der Waals surface area contributed by atoms with Crippen LogP contribution in [0.15, 0.2) is 18.2 Å². The zero-order valence-corrected chi connectivity index (χ0v) is 14.8. The molecule has 1 fully saturated rings. The SMILES string of the molecule is CCCCN1CCCC[C@H]1C(=O)Nc1c(C)cccc1C.Cl. The van der Waals surface area contributed by atoms with E-state index in [0.717, 1.165) is 42.7 Å². The summed E-state index contributed by atoms with van der Waals surface area (Å²) in [6.45, 7) is 8.42. The van der Waals surface area contributed by atoms with E-state index in [1.54, 1.807) is 0 Å². The number of aryl methyl sites for hydroxylation is 2. The Morgan fingerprint density at radius 2 is 1.95 bits per heavy atom. The largest absolute Gasteiger partial charge is 0.324 e. The van der Waals surface area contributed by atoms with Crippen LogP contribution in [-0.4, -0.2) is 29.9 Å². The average molecular weight is 325 g/mol. The highest BCUT2D eigenvalue weighted by Crippen LogP contribution is 2.23. The molecule has 0 aliphatic carbocycles. The Morgan fingerprint density at radius 1 is 1.27 bits per heavy atom. The Hall–Kier alpha value is -1.06. The molecule has 1 heterocycles. The van der Waals surface area contributed by atoms with Crippen molar-refractivity contribution in [2.75, 3.05) is 18.4 Å². The van der Waals surface area contributed by atoms with Gasteiger partial charge in [0.1, 0.15) is 0 Å². The van der Waals surface area contributed by atoms with E-state index < -0.39 is 0 Å². The van der Waals surface area contributed by atoms with Gasteiger partial charge in [0, 0.05) is 5.69 Å². The molecule has 1 amide bonds. The van der Waals surface area contributed by atoms with Crippen LogP contribution in [0.5, 0.6) is 0 Å². The molecule has 3 nitrogen and oxygen atoms in total. The maximum absolute atomic E-state index is 12.7. The lowest BCUT2D eigenvalue weighted by molar-refractivity contribution is -0.122. The van der Waals surface area contributed by atoms with E-state index in [4.69, 9.17) is 0 Å². The molecular formula is C18H29ClN2O. The van der Waals surface area contributed by atoms with Crippen LogP contribution in [0.2, 0.25) is 0 Å². The second-order valence-corrected chi connectivity index (χ2v) is 6.16. The van der Waals surface area contributed by atoms with E-state index in [1.165, 1.54) is 19.3 Å². The van der Waals surface area contributed by atoms with Crippen molar-refractivity contribution in [2.24, 2.45) is 0 Å². The number of para-hydroxylation sites is 1. The number of carbonyl (C=O) groups is 1. The first-order valence-corrected chi connectivity index (χ1v) is 8.24. The molecule has 1 aromatic rings. The number of nitrogens with zero attached hydrogens (tertiary/aromatic N) is 1. The van der Waals surface area contributed by atoms with E-state index in [-0.39, 0.29) is 24.4 Å². The van der Waals surface area contributed by atoms with Crippen LogP contribution in [0.25, 0.3) is 0 Å². The van der Waals surface area contributed by atoms with E-state index in [1.807, 2.05) is 6.07 Å². The van der Waals surface area contributed by atoms with Crippen molar-refractivity contribution in [2.45, 2.75) is 58.9 Å². The van der Waals surface area contributed by atoms with Crippen molar-refractivity contribution in [1.82, 2.24) is 4.90 Å². The molecule has 1 aliphatic heterocycles. The molecule has 0 bridgehead atoms. The minimum atomic E-state index is 0. The molecule has 0 unspecified atom stereocenters. The van der Waals surface area contributed by atoms with Gasteiger partial charge in [-0.2, -0.15) is 0 Å². The van der Waals surface area contributed by atoms with E-state index in [0.29, 0.717) is 0 Å². The third-order valence-electron chi connectivity index (χ3n) is 4.44. The minimum Gasteiger partial charge on any atom is -0.324 e. The van der Waals surface area contributed by atoms with Crippen LogP contribution in [0, 0.1) is 13.8 Å². The summed E-state index contributed by atoms with van der Waals surface area (Å²) in [5, 5.41) is 3.17. The second-order valence-electron chi connectivity index (χ2n) is 6.16. The predicted octanol–water partition coefficient (Wildman–Crippen LogP) is 4.32. The van der Waals surface area contributed by atoms with Gasteiger partial charge in [-0.15, -0.1) is 12.4 Å². The molecule has 22 heavy (non-hydrogen) atoms. The molecule has 1 saturated heterocycles. The predicted molar refractivity (Wildman–Crippen MR) is 95.9 cm³/mol. The maximum Gasteiger partial charge on any atom is 0.241 e. The number of halogens is 1. The summed E-state index contributed by atoms with van der Waals surface area (Å²) in [5.41, 5.74) is 3.27. The third-order valence-corrected chi connectivity index (χ3v) is 4.44. The molecule has 1 N–H and O–H groups in total. The smallest absolute Gasteiger partial charge is 0.241 e. The highest BCUT2D eigenvalue weighted by atomic mass is 35.5. The summed E-state index contributed by atoms with van der Waals surface area (Å²) in [6.07, 6.45) is 5.72. The number of piperidine rings is 1. The first-order chi connectivity index (χ1) is 10.1. The Morgan fingerprint density at radius 3 is 2.59 bits per heavy atom. The van der Waals surface area contributed by atoms with Gasteiger partial charge in [-0.25, -0.2) is 0 Å². The number of unbranched alkanes of at least 4 members (excludes halogenated alkanes) is 1. The second kappa shape index (κ2) is 9.16. The molecule has 124 valence electrons. The normalized spacial score (nSPS) is 18.6. The minimum absolute atomic E-state index is 0. The van der Waals surface area contributed by atoms with Gasteiger partial charge < -0.3 is 5.32 Å². The van der Waals surface area contributed by atoms with Crippen LogP contribution in [0.1, 0.15) is 50.2 Å². The van der Waals surface area contributed by atoms with Gasteiger partial charge >= 0.3 is 0 Å². The van der Waals surface area contributed by atoms with Crippen molar-refractivity contribution in [3.63, 3.8) is 0 Å². The zero-order chi connectivity index (χ0) is 15.2. The lowest BCUT2D eigenvalue weighted by atomic mass is 10.00. The van der Waals surface area contributed by atoms with Crippen molar-refractivity contribution >= 4 is 24.0 Å². The topological polar surface area (TPSA) is 32.3 Å². The first kappa shape index (κ1) is 19.0. The number of likely N-dealkylation sites (tertiary alicyclic amines) is 1. The molecular weight excluding hydrogens is 296 g/mol. The van der Waals surface area contributed by atoms with Gasteiger partial charge in [-0.05, 0) is 57.3 Å². The van der Waals surface area contributed by atoms with Gasteiger partial charge in [-0.1, -0.05) is 38.0 Å². The Bertz CT molecular complexity index is 470. The van der Waals surface area contributed by atoms with Crippen molar-refractivity contribution in [3.05, 3.63) is 29.3 Å². The first-order valence-electron chi connectivity index (χ1n) is 8.24. The fraction of sp³-hybridized carbons (Fsp3) is 0.611. The molecule has 2 rings (SSSR count). The van der Waals surface area contributed by atoms with Gasteiger partial charge in [0.25, 0.3) is 0 Å². The number of carbonyl (C=O) groups excluding carboxylic acids is 1. The summed E-state index contributed by atoms with van der Waals surface area (Å²) >= 11 is 0. The Labute approximate surface area is 140 Å². The van der Waals surface area contributed by atoms with E-state index in [9.17, 15) is 4.79 Å². The average Bonchev–Trinajstić information content (AvgIpc) is 2.49. The van der Waals surface area contributed by atoms with Crippen molar-refractivity contribution in [1.29, 1.82) is 0 Å². The number of amides is 1. The summed E-state index contributed by atoms with van der Waals surface area (Å²) in [4.78, 5) is 15.1. The maximum atomic E-state index is 12.7. The van der Waals surface area contributed by atoms with Gasteiger partial charge in [0.15, 0.2) is 0 Å². The number of hydrogen-bond donors (Lipinski definition) is 1. The number of nitrogens with one attached hydrogen (secondary N) is 1. The van der Waals surface area contributed by atoms with E-state index in [2.05, 4.69) is 43.1 Å². The number of hydrogen-bond acceptors (Lipinski definition) is 2. The van der Waals surface area contributed by atoms with Crippen LogP contribution in [0.3, 0.4) is 0 Å². The fourth-order valence-electron chi connectivity index (χ4n) is 3.13. The quantitative estimate of drug-likeness (QED) is 0.875. The molecule has 0 aromatic heterocycles. The molecule has 1 aromatic carbocycles. The number of rotatable bonds is 5. The Kier molecular flexibility index (Phi) is 7.91. The molecule has 4 heteroatoms. The molecule has 1 aliphatic rings. The fourth-order valence-corrected chi connectivity index (χ4v) is 3.13. The summed E-state index contributed by atoms with van der Waals surface area (Å²) in [6, 6.07) is 6.19. The summed E-state index contributed by atoms with van der Waals surface area (Å²) in [5.74, 6) is 0.170. The summed E-state index contributed by atoms with van der Waals surface area (Å²) < 4.78 is 0. The van der Waals surface area contributed by atoms with E-state index >= 15 is 0 Å². The van der Waals surface area contributed by atoms with Gasteiger partial charge in [0.2, 0.25) is 5.91 Å². The van der Waals surface area contributed by atoms with Crippen LogP contribution < -0.4 is 5.32 Å².